The number of rotatable bonds is 7. The zero-order valence-electron chi connectivity index (χ0n) is 14.9. The van der Waals surface area contributed by atoms with E-state index in [9.17, 15) is 4.79 Å². The molecule has 0 radical (unpaired) electrons. The summed E-state index contributed by atoms with van der Waals surface area (Å²) in [5.41, 5.74) is 4.52. The molecule has 0 spiro atoms. The predicted octanol–water partition coefficient (Wildman–Crippen LogP) is 3.55. The summed E-state index contributed by atoms with van der Waals surface area (Å²) < 4.78 is 0. The summed E-state index contributed by atoms with van der Waals surface area (Å²) in [4.78, 5) is 12.8. The van der Waals surface area contributed by atoms with Gasteiger partial charge >= 0.3 is 0 Å². The van der Waals surface area contributed by atoms with Crippen molar-refractivity contribution in [2.75, 3.05) is 0 Å². The molecule has 3 rings (SSSR count). The van der Waals surface area contributed by atoms with Gasteiger partial charge in [0.25, 0.3) is 0 Å². The van der Waals surface area contributed by atoms with Crippen molar-refractivity contribution in [3.8, 4) is 0 Å². The number of aromatic amines is 1. The normalized spacial score (nSPS) is 13.5. The third-order valence-corrected chi connectivity index (χ3v) is 5.03. The van der Waals surface area contributed by atoms with E-state index in [2.05, 4.69) is 33.3 Å². The Balaban J connectivity index is 1.92. The highest BCUT2D eigenvalue weighted by molar-refractivity contribution is 8.15. The number of hydrogen-bond acceptors (Lipinski definition) is 5. The van der Waals surface area contributed by atoms with Gasteiger partial charge in [-0.1, -0.05) is 61.7 Å². The highest BCUT2D eigenvalue weighted by Gasteiger charge is 2.27. The zero-order chi connectivity index (χ0) is 19.2. The van der Waals surface area contributed by atoms with Crippen molar-refractivity contribution in [2.45, 2.75) is 12.8 Å². The minimum atomic E-state index is -0.316. The Labute approximate surface area is 161 Å². The first-order chi connectivity index (χ1) is 13.1. The van der Waals surface area contributed by atoms with Gasteiger partial charge in [-0.05, 0) is 23.3 Å². The van der Waals surface area contributed by atoms with Crippen LogP contribution in [0.3, 0.4) is 0 Å². The van der Waals surface area contributed by atoms with Crippen LogP contribution >= 0.6 is 11.8 Å². The van der Waals surface area contributed by atoms with Crippen LogP contribution in [0.2, 0.25) is 0 Å². The molecule has 0 saturated heterocycles. The van der Waals surface area contributed by atoms with Crippen LogP contribution in [0.5, 0.6) is 0 Å². The second-order valence-corrected chi connectivity index (χ2v) is 7.12. The van der Waals surface area contributed by atoms with Crippen LogP contribution in [-0.2, 0) is 4.79 Å². The summed E-state index contributed by atoms with van der Waals surface area (Å²) in [6.45, 7) is 5.74. The Kier molecular flexibility index (Phi) is 5.93. The topological polar surface area (TPSA) is 96.2 Å². The number of hydrazone groups is 1. The molecule has 138 valence electrons. The van der Waals surface area contributed by atoms with Crippen molar-refractivity contribution in [3.05, 3.63) is 77.5 Å². The zero-order valence-corrected chi connectivity index (χ0v) is 15.7. The molecule has 6 nitrogen and oxygen atoms in total. The van der Waals surface area contributed by atoms with Gasteiger partial charge in [-0.15, -0.1) is 0 Å². The molecule has 3 aromatic rings. The molecule has 2 aromatic carbocycles. The molecule has 2 atom stereocenters. The van der Waals surface area contributed by atoms with E-state index in [0.29, 0.717) is 5.03 Å². The largest absolute Gasteiger partial charge is 0.323 e. The lowest BCUT2D eigenvalue weighted by Crippen LogP contribution is -2.31. The number of nitrogens with one attached hydrogen (secondary N) is 2. The molecule has 0 aliphatic rings. The number of carbonyl (C=O) groups excluding carboxylic acids is 1. The predicted molar refractivity (Wildman–Crippen MR) is 111 cm³/mol. The highest BCUT2D eigenvalue weighted by Crippen LogP contribution is 2.34. The molecule has 1 amide bonds. The molecular weight excluding hydrogens is 358 g/mol. The van der Waals surface area contributed by atoms with E-state index < -0.39 is 0 Å². The number of amides is 1. The van der Waals surface area contributed by atoms with E-state index in [1.165, 1.54) is 17.3 Å². The lowest BCUT2D eigenvalue weighted by atomic mass is 9.81. The lowest BCUT2D eigenvalue weighted by molar-refractivity contribution is -0.123. The summed E-state index contributed by atoms with van der Waals surface area (Å²) in [5, 5.41) is 14.8. The number of fused-ring (bicyclic) bond motifs is 1. The smallest absolute Gasteiger partial charge is 0.228 e. The maximum absolute atomic E-state index is 12.8. The van der Waals surface area contributed by atoms with Gasteiger partial charge in [-0.2, -0.15) is 10.2 Å². The van der Waals surface area contributed by atoms with Crippen molar-refractivity contribution in [3.63, 3.8) is 0 Å². The van der Waals surface area contributed by atoms with E-state index in [4.69, 9.17) is 5.84 Å². The fraction of sp³-hybridized carbons (Fsp3) is 0.150. The molecule has 0 aliphatic carbocycles. The summed E-state index contributed by atoms with van der Waals surface area (Å²) in [7, 11) is 0. The van der Waals surface area contributed by atoms with Gasteiger partial charge in [-0.25, -0.2) is 0 Å². The number of nitrogens with zero attached hydrogens (tertiary/aromatic N) is 2. The first-order valence-corrected chi connectivity index (χ1v) is 9.34. The molecule has 7 heteroatoms. The molecule has 1 heterocycles. The Bertz CT molecular complexity index is 967. The second-order valence-electron chi connectivity index (χ2n) is 6.18. The third kappa shape index (κ3) is 4.38. The molecule has 0 fully saturated rings. The molecule has 2 unspecified atom stereocenters. The first-order valence-electron chi connectivity index (χ1n) is 8.46. The van der Waals surface area contributed by atoms with Crippen LogP contribution < -0.4 is 11.2 Å². The number of aromatic nitrogens is 2. The first kappa shape index (κ1) is 18.7. The van der Waals surface area contributed by atoms with Gasteiger partial charge in [0.2, 0.25) is 5.91 Å². The fourth-order valence-electron chi connectivity index (χ4n) is 3.11. The van der Waals surface area contributed by atoms with Gasteiger partial charge in [0.05, 0.1) is 22.3 Å². The van der Waals surface area contributed by atoms with Crippen molar-refractivity contribution < 1.29 is 4.79 Å². The third-order valence-electron chi connectivity index (χ3n) is 4.41. The monoisotopic (exact) mass is 379 g/mol. The second kappa shape index (κ2) is 8.55. The quantitative estimate of drug-likeness (QED) is 0.253. The molecule has 4 N–H and O–H groups in total. The number of benzene rings is 2. The van der Waals surface area contributed by atoms with Crippen LogP contribution in [0.15, 0.2) is 71.4 Å². The fourth-order valence-corrected chi connectivity index (χ4v) is 3.46. The number of thioether (sulfide) groups is 1. The van der Waals surface area contributed by atoms with Gasteiger partial charge < -0.3 is 11.2 Å². The highest BCUT2D eigenvalue weighted by atomic mass is 32.2. The Hall–Kier alpha value is -3.06. The van der Waals surface area contributed by atoms with Crippen LogP contribution in [0.25, 0.3) is 10.9 Å². The number of H-pyrrole nitrogens is 1. The maximum atomic E-state index is 12.8. The van der Waals surface area contributed by atoms with Gasteiger partial charge in [0.1, 0.15) is 0 Å². The molecule has 27 heavy (non-hydrogen) atoms. The van der Waals surface area contributed by atoms with Gasteiger partial charge in [0, 0.05) is 17.2 Å². The maximum Gasteiger partial charge on any atom is 0.228 e. The van der Waals surface area contributed by atoms with E-state index in [1.54, 1.807) is 6.20 Å². The average Bonchev–Trinajstić information content (AvgIpc) is 3.15. The molecule has 1 aromatic heterocycles. The van der Waals surface area contributed by atoms with Gasteiger partial charge in [-0.3, -0.25) is 9.89 Å². The molecule has 0 bridgehead atoms. The van der Waals surface area contributed by atoms with E-state index in [1.807, 2.05) is 49.4 Å². The minimum absolute atomic E-state index is 0.105. The van der Waals surface area contributed by atoms with Gasteiger partial charge in [0.15, 0.2) is 0 Å². The molecule has 0 saturated carbocycles. The summed E-state index contributed by atoms with van der Waals surface area (Å²) >= 11 is 1.17. The average molecular weight is 379 g/mol. The van der Waals surface area contributed by atoms with Crippen molar-refractivity contribution >= 4 is 34.1 Å². The molecular formula is C20H21N5OS. The Morgan fingerprint density at radius 3 is 2.81 bits per heavy atom. The summed E-state index contributed by atoms with van der Waals surface area (Å²) in [5.74, 6) is 4.56. The van der Waals surface area contributed by atoms with E-state index in [0.717, 1.165) is 22.0 Å². The van der Waals surface area contributed by atoms with Crippen LogP contribution in [-0.4, -0.2) is 21.7 Å². The van der Waals surface area contributed by atoms with Crippen LogP contribution in [0.1, 0.15) is 24.0 Å². The molecule has 0 aliphatic heterocycles. The van der Waals surface area contributed by atoms with Crippen molar-refractivity contribution in [1.29, 1.82) is 0 Å². The Morgan fingerprint density at radius 1 is 1.30 bits per heavy atom. The van der Waals surface area contributed by atoms with Crippen molar-refractivity contribution in [1.82, 2.24) is 15.5 Å². The SMILES string of the molecule is C=C(NC(=O)C(C)C(c1ccccc1)c1ccc2[nH]ncc2c1)S/C=N\N. The Morgan fingerprint density at radius 2 is 2.07 bits per heavy atom. The number of nitrogens with two attached hydrogens (primary N) is 1. The van der Waals surface area contributed by atoms with Crippen molar-refractivity contribution in [2.24, 2.45) is 16.9 Å². The van der Waals surface area contributed by atoms with E-state index >= 15 is 0 Å². The van der Waals surface area contributed by atoms with Crippen LogP contribution in [0.4, 0.5) is 0 Å². The number of carbonyl (C=O) groups is 1. The van der Waals surface area contributed by atoms with Crippen LogP contribution in [0, 0.1) is 5.92 Å². The summed E-state index contributed by atoms with van der Waals surface area (Å²) in [6, 6.07) is 16.1. The number of hydrogen-bond donors (Lipinski definition) is 3. The van der Waals surface area contributed by atoms with E-state index in [-0.39, 0.29) is 17.7 Å². The lowest BCUT2D eigenvalue weighted by Gasteiger charge is -2.25. The summed E-state index contributed by atoms with van der Waals surface area (Å²) in [6.07, 6.45) is 1.79. The standard InChI is InChI=1S/C20H21N5OS/c1-13(20(26)24-14(2)27-12-22-21)19(15-6-4-3-5-7-15)16-8-9-18-17(10-16)11-23-25-18/h3-13,19H,2,21H2,1H3,(H,23,25)(H,24,26)/b22-12-. The minimum Gasteiger partial charge on any atom is -0.323 e.